The highest BCUT2D eigenvalue weighted by Gasteiger charge is 2.09. The van der Waals surface area contributed by atoms with E-state index in [0.29, 0.717) is 5.56 Å². The van der Waals surface area contributed by atoms with E-state index >= 15 is 0 Å². The number of hydrogen-bond acceptors (Lipinski definition) is 3. The fraction of sp³-hybridized carbons (Fsp3) is 0.636. The van der Waals surface area contributed by atoms with Gasteiger partial charge in [0.1, 0.15) is 0 Å². The third-order valence-electron chi connectivity index (χ3n) is 2.42. The maximum atomic E-state index is 10.8. The lowest BCUT2D eigenvalue weighted by atomic mass is 10.2. The number of carbonyl (C=O) groups excluding carboxylic acids is 1. The molecule has 0 amide bonds. The Morgan fingerprint density at radius 1 is 1.47 bits per heavy atom. The van der Waals surface area contributed by atoms with Crippen molar-refractivity contribution in [3.8, 4) is 0 Å². The molecular weight excluding hydrogens is 192 g/mol. The van der Waals surface area contributed by atoms with E-state index in [2.05, 4.69) is 5.10 Å². The number of rotatable bonds is 6. The van der Waals surface area contributed by atoms with Crippen LogP contribution < -0.4 is 0 Å². The second-order valence-corrected chi connectivity index (χ2v) is 3.48. The smallest absolute Gasteiger partial charge is 0.153 e. The molecule has 0 aliphatic carbocycles. The summed E-state index contributed by atoms with van der Waals surface area (Å²) < 4.78 is 7.12. The van der Waals surface area contributed by atoms with Gasteiger partial charge in [-0.15, -0.1) is 0 Å². The number of aryl methyl sites for hydroxylation is 2. The Kier molecular flexibility index (Phi) is 4.49. The molecular formula is C11H18N2O2. The molecule has 0 aliphatic heterocycles. The number of aromatic nitrogens is 2. The summed E-state index contributed by atoms with van der Waals surface area (Å²) in [5.74, 6) is 0. The largest absolute Gasteiger partial charge is 0.382 e. The third kappa shape index (κ3) is 2.89. The van der Waals surface area contributed by atoms with E-state index in [1.54, 1.807) is 0 Å². The highest BCUT2D eigenvalue weighted by molar-refractivity contribution is 5.77. The number of carbonyl (C=O) groups is 1. The van der Waals surface area contributed by atoms with Gasteiger partial charge in [-0.05, 0) is 27.2 Å². The number of nitrogens with zero attached hydrogens (tertiary/aromatic N) is 2. The predicted molar refractivity (Wildman–Crippen MR) is 58.2 cm³/mol. The molecule has 0 spiro atoms. The van der Waals surface area contributed by atoms with E-state index in [1.165, 1.54) is 0 Å². The molecule has 0 atom stereocenters. The molecule has 0 fully saturated rings. The third-order valence-corrected chi connectivity index (χ3v) is 2.42. The van der Waals surface area contributed by atoms with E-state index in [1.807, 2.05) is 25.5 Å². The minimum atomic E-state index is 0.714. The van der Waals surface area contributed by atoms with Crippen molar-refractivity contribution < 1.29 is 9.53 Å². The first kappa shape index (κ1) is 11.9. The van der Waals surface area contributed by atoms with Crippen molar-refractivity contribution in [1.29, 1.82) is 0 Å². The molecule has 84 valence electrons. The lowest BCUT2D eigenvalue weighted by Crippen LogP contribution is -2.06. The Hall–Kier alpha value is -1.16. The quantitative estimate of drug-likeness (QED) is 0.530. The molecule has 0 unspecified atom stereocenters. The van der Waals surface area contributed by atoms with Crippen molar-refractivity contribution in [2.45, 2.75) is 33.7 Å². The van der Waals surface area contributed by atoms with E-state index < -0.39 is 0 Å². The Morgan fingerprint density at radius 3 is 2.73 bits per heavy atom. The van der Waals surface area contributed by atoms with Crippen LogP contribution in [0.15, 0.2) is 0 Å². The monoisotopic (exact) mass is 210 g/mol. The van der Waals surface area contributed by atoms with Crippen LogP contribution in [-0.4, -0.2) is 29.3 Å². The van der Waals surface area contributed by atoms with E-state index in [0.717, 1.165) is 43.9 Å². The van der Waals surface area contributed by atoms with Gasteiger partial charge in [0.15, 0.2) is 6.29 Å². The summed E-state index contributed by atoms with van der Waals surface area (Å²) in [6.45, 7) is 8.05. The molecule has 1 heterocycles. The van der Waals surface area contributed by atoms with Crippen LogP contribution in [0.3, 0.4) is 0 Å². The number of aldehydes is 1. The summed E-state index contributed by atoms with van der Waals surface area (Å²) in [5.41, 5.74) is 2.46. The summed E-state index contributed by atoms with van der Waals surface area (Å²) in [5, 5.41) is 4.31. The summed E-state index contributed by atoms with van der Waals surface area (Å²) in [6.07, 6.45) is 1.80. The molecule has 1 aromatic heterocycles. The molecule has 4 nitrogen and oxygen atoms in total. The van der Waals surface area contributed by atoms with Gasteiger partial charge in [-0.25, -0.2) is 0 Å². The topological polar surface area (TPSA) is 44.1 Å². The van der Waals surface area contributed by atoms with Crippen molar-refractivity contribution in [3.63, 3.8) is 0 Å². The molecule has 0 saturated carbocycles. The van der Waals surface area contributed by atoms with Gasteiger partial charge >= 0.3 is 0 Å². The fourth-order valence-electron chi connectivity index (χ4n) is 1.56. The first-order valence-electron chi connectivity index (χ1n) is 5.27. The minimum absolute atomic E-state index is 0.714. The van der Waals surface area contributed by atoms with E-state index in [4.69, 9.17) is 4.74 Å². The van der Waals surface area contributed by atoms with Gasteiger partial charge in [0.05, 0.1) is 11.3 Å². The lowest BCUT2D eigenvalue weighted by molar-refractivity contribution is 0.112. The predicted octanol–water partition coefficient (Wildman–Crippen LogP) is 1.74. The molecule has 0 aromatic carbocycles. The van der Waals surface area contributed by atoms with Crippen molar-refractivity contribution in [1.82, 2.24) is 9.78 Å². The molecule has 0 radical (unpaired) electrons. The highest BCUT2D eigenvalue weighted by atomic mass is 16.5. The average molecular weight is 210 g/mol. The average Bonchev–Trinajstić information content (AvgIpc) is 2.49. The van der Waals surface area contributed by atoms with Crippen molar-refractivity contribution >= 4 is 6.29 Å². The van der Waals surface area contributed by atoms with Crippen LogP contribution in [0.1, 0.15) is 35.1 Å². The fourth-order valence-corrected chi connectivity index (χ4v) is 1.56. The molecule has 0 bridgehead atoms. The van der Waals surface area contributed by atoms with Gasteiger partial charge in [0.25, 0.3) is 0 Å². The SMILES string of the molecule is CCOCCCn1nc(C)c(C=O)c1C. The van der Waals surface area contributed by atoms with Gasteiger partial charge in [-0.1, -0.05) is 0 Å². The van der Waals surface area contributed by atoms with Crippen LogP contribution >= 0.6 is 0 Å². The molecule has 1 aromatic rings. The minimum Gasteiger partial charge on any atom is -0.382 e. The summed E-state index contributed by atoms with van der Waals surface area (Å²) in [7, 11) is 0. The van der Waals surface area contributed by atoms with Crippen LogP contribution in [0.25, 0.3) is 0 Å². The normalized spacial score (nSPS) is 10.6. The van der Waals surface area contributed by atoms with Gasteiger partial charge in [-0.2, -0.15) is 5.10 Å². The molecule has 0 saturated heterocycles. The zero-order chi connectivity index (χ0) is 11.3. The Bertz CT molecular complexity index is 332. The maximum Gasteiger partial charge on any atom is 0.153 e. The highest BCUT2D eigenvalue weighted by Crippen LogP contribution is 2.10. The second kappa shape index (κ2) is 5.66. The van der Waals surface area contributed by atoms with Crippen molar-refractivity contribution in [2.24, 2.45) is 0 Å². The molecule has 0 aliphatic rings. The van der Waals surface area contributed by atoms with Crippen LogP contribution in [0, 0.1) is 13.8 Å². The Labute approximate surface area is 90.2 Å². The molecule has 0 N–H and O–H groups in total. The zero-order valence-corrected chi connectivity index (χ0v) is 9.62. The summed E-state index contributed by atoms with van der Waals surface area (Å²) >= 11 is 0. The Balaban J connectivity index is 2.58. The Morgan fingerprint density at radius 2 is 2.20 bits per heavy atom. The van der Waals surface area contributed by atoms with Gasteiger partial charge in [0.2, 0.25) is 0 Å². The first-order chi connectivity index (χ1) is 7.20. The van der Waals surface area contributed by atoms with Crippen molar-refractivity contribution in [3.05, 3.63) is 17.0 Å². The van der Waals surface area contributed by atoms with Gasteiger partial charge in [-0.3, -0.25) is 9.48 Å². The zero-order valence-electron chi connectivity index (χ0n) is 9.62. The van der Waals surface area contributed by atoms with Crippen LogP contribution in [0.2, 0.25) is 0 Å². The standard InChI is InChI=1S/C11H18N2O2/c1-4-15-7-5-6-13-10(3)11(8-14)9(2)12-13/h8H,4-7H2,1-3H3. The second-order valence-electron chi connectivity index (χ2n) is 3.48. The van der Waals surface area contributed by atoms with Crippen LogP contribution in [0.5, 0.6) is 0 Å². The van der Waals surface area contributed by atoms with Gasteiger partial charge < -0.3 is 4.74 Å². The number of ether oxygens (including phenoxy) is 1. The van der Waals surface area contributed by atoms with Crippen LogP contribution in [-0.2, 0) is 11.3 Å². The van der Waals surface area contributed by atoms with Crippen LogP contribution in [0.4, 0.5) is 0 Å². The lowest BCUT2D eigenvalue weighted by Gasteiger charge is -2.04. The van der Waals surface area contributed by atoms with E-state index in [9.17, 15) is 4.79 Å². The first-order valence-corrected chi connectivity index (χ1v) is 5.27. The number of hydrogen-bond donors (Lipinski definition) is 0. The maximum absolute atomic E-state index is 10.8. The molecule has 15 heavy (non-hydrogen) atoms. The van der Waals surface area contributed by atoms with Gasteiger partial charge in [0, 0.05) is 25.5 Å². The molecule has 4 heteroatoms. The summed E-state index contributed by atoms with van der Waals surface area (Å²) in [4.78, 5) is 10.8. The van der Waals surface area contributed by atoms with Crippen molar-refractivity contribution in [2.75, 3.05) is 13.2 Å². The van der Waals surface area contributed by atoms with E-state index in [-0.39, 0.29) is 0 Å². The molecule has 1 rings (SSSR count). The summed E-state index contributed by atoms with van der Waals surface area (Å²) in [6, 6.07) is 0.